The highest BCUT2D eigenvalue weighted by Gasteiger charge is 2.27. The fourth-order valence-electron chi connectivity index (χ4n) is 2.60. The van der Waals surface area contributed by atoms with Crippen molar-refractivity contribution in [1.82, 2.24) is 9.88 Å². The molecule has 0 aliphatic carbocycles. The van der Waals surface area contributed by atoms with Crippen molar-refractivity contribution >= 4 is 11.7 Å². The van der Waals surface area contributed by atoms with Crippen molar-refractivity contribution in [3.05, 3.63) is 48.7 Å². The van der Waals surface area contributed by atoms with Crippen molar-refractivity contribution < 1.29 is 4.79 Å². The minimum atomic E-state index is -0.151. The molecule has 1 saturated heterocycles. The SMILES string of the molecule is N#CN1CC[C@H](C(=O)Nc2cc(-c3ccccc3)ccn2)C1. The van der Waals surface area contributed by atoms with Crippen LogP contribution in [0.5, 0.6) is 0 Å². The van der Waals surface area contributed by atoms with Crippen LogP contribution in [0.1, 0.15) is 6.42 Å². The first-order valence-corrected chi connectivity index (χ1v) is 7.23. The molecule has 0 bridgehead atoms. The smallest absolute Gasteiger partial charge is 0.230 e. The molecule has 1 aromatic carbocycles. The second-order valence-electron chi connectivity index (χ2n) is 5.32. The summed E-state index contributed by atoms with van der Waals surface area (Å²) in [6, 6.07) is 13.7. The number of hydrogen-bond donors (Lipinski definition) is 1. The van der Waals surface area contributed by atoms with E-state index in [0.717, 1.165) is 11.1 Å². The van der Waals surface area contributed by atoms with E-state index < -0.39 is 0 Å². The second-order valence-corrected chi connectivity index (χ2v) is 5.32. The van der Waals surface area contributed by atoms with E-state index in [1.54, 1.807) is 11.1 Å². The van der Waals surface area contributed by atoms with Gasteiger partial charge in [-0.05, 0) is 29.7 Å². The monoisotopic (exact) mass is 292 g/mol. The maximum Gasteiger partial charge on any atom is 0.230 e. The van der Waals surface area contributed by atoms with Crippen LogP contribution in [0.4, 0.5) is 5.82 Å². The van der Waals surface area contributed by atoms with Crippen molar-refractivity contribution in [3.63, 3.8) is 0 Å². The van der Waals surface area contributed by atoms with E-state index in [2.05, 4.69) is 16.5 Å². The first-order chi connectivity index (χ1) is 10.8. The zero-order valence-corrected chi connectivity index (χ0v) is 12.1. The summed E-state index contributed by atoms with van der Waals surface area (Å²) in [5.74, 6) is 0.319. The fraction of sp³-hybridized carbons (Fsp3) is 0.235. The summed E-state index contributed by atoms with van der Waals surface area (Å²) >= 11 is 0. The number of hydrogen-bond acceptors (Lipinski definition) is 4. The van der Waals surface area contributed by atoms with Gasteiger partial charge < -0.3 is 10.2 Å². The quantitative estimate of drug-likeness (QED) is 0.882. The van der Waals surface area contributed by atoms with Crippen molar-refractivity contribution in [3.8, 4) is 17.3 Å². The second kappa shape index (κ2) is 6.27. The minimum Gasteiger partial charge on any atom is -0.310 e. The van der Waals surface area contributed by atoms with Crippen molar-refractivity contribution in [2.24, 2.45) is 5.92 Å². The van der Waals surface area contributed by atoms with Crippen molar-refractivity contribution in [2.45, 2.75) is 6.42 Å². The molecule has 2 heterocycles. The largest absolute Gasteiger partial charge is 0.310 e. The lowest BCUT2D eigenvalue weighted by atomic mass is 10.1. The Morgan fingerprint density at radius 1 is 1.27 bits per heavy atom. The Morgan fingerprint density at radius 2 is 2.09 bits per heavy atom. The Bertz CT molecular complexity index is 708. The van der Waals surface area contributed by atoms with Gasteiger partial charge in [0.05, 0.1) is 5.92 Å². The Balaban J connectivity index is 1.71. The van der Waals surface area contributed by atoms with Gasteiger partial charge in [0.1, 0.15) is 5.82 Å². The number of nitrogens with one attached hydrogen (secondary N) is 1. The number of rotatable bonds is 3. The van der Waals surface area contributed by atoms with Gasteiger partial charge in [-0.25, -0.2) is 4.98 Å². The number of carbonyl (C=O) groups excluding carboxylic acids is 1. The molecule has 22 heavy (non-hydrogen) atoms. The molecule has 1 aromatic heterocycles. The van der Waals surface area contributed by atoms with Crippen LogP contribution >= 0.6 is 0 Å². The predicted octanol–water partition coefficient (Wildman–Crippen LogP) is 2.49. The van der Waals surface area contributed by atoms with Crippen LogP contribution in [0.15, 0.2) is 48.7 Å². The first kappa shape index (κ1) is 14.1. The summed E-state index contributed by atoms with van der Waals surface area (Å²) < 4.78 is 0. The van der Waals surface area contributed by atoms with Crippen LogP contribution in [-0.4, -0.2) is 28.9 Å². The van der Waals surface area contributed by atoms with Gasteiger partial charge >= 0.3 is 0 Å². The number of carbonyl (C=O) groups is 1. The Morgan fingerprint density at radius 3 is 2.82 bits per heavy atom. The van der Waals surface area contributed by atoms with Gasteiger partial charge in [0, 0.05) is 19.3 Å². The number of anilines is 1. The van der Waals surface area contributed by atoms with Crippen LogP contribution in [0.3, 0.4) is 0 Å². The third-order valence-corrected chi connectivity index (χ3v) is 3.82. The van der Waals surface area contributed by atoms with Gasteiger partial charge in [0.25, 0.3) is 0 Å². The fourth-order valence-corrected chi connectivity index (χ4v) is 2.60. The molecule has 2 aromatic rings. The number of amides is 1. The van der Waals surface area contributed by atoms with Gasteiger partial charge in [0.2, 0.25) is 5.91 Å². The van der Waals surface area contributed by atoms with Gasteiger partial charge in [-0.2, -0.15) is 5.26 Å². The lowest BCUT2D eigenvalue weighted by Gasteiger charge is -2.11. The number of nitrogens with zero attached hydrogens (tertiary/aromatic N) is 3. The molecule has 1 aliphatic rings. The molecule has 5 heteroatoms. The van der Waals surface area contributed by atoms with E-state index >= 15 is 0 Å². The van der Waals surface area contributed by atoms with E-state index in [0.29, 0.717) is 25.3 Å². The summed E-state index contributed by atoms with van der Waals surface area (Å²) in [5, 5.41) is 11.7. The third kappa shape index (κ3) is 3.07. The molecule has 0 unspecified atom stereocenters. The van der Waals surface area contributed by atoms with Crippen LogP contribution in [0.25, 0.3) is 11.1 Å². The molecule has 5 nitrogen and oxygen atoms in total. The Kier molecular flexibility index (Phi) is 4.01. The zero-order chi connectivity index (χ0) is 15.4. The maximum absolute atomic E-state index is 12.2. The van der Waals surface area contributed by atoms with E-state index in [1.165, 1.54) is 0 Å². The molecule has 0 radical (unpaired) electrons. The molecule has 0 saturated carbocycles. The molecule has 1 aliphatic heterocycles. The minimum absolute atomic E-state index is 0.0736. The van der Waals surface area contributed by atoms with E-state index in [4.69, 9.17) is 5.26 Å². The standard InChI is InChI=1S/C17H16N4O/c18-12-21-9-7-15(11-21)17(22)20-16-10-14(6-8-19-16)13-4-2-1-3-5-13/h1-6,8,10,15H,7,9,11H2,(H,19,20,22)/t15-/m0/s1. The number of pyridine rings is 1. The van der Waals surface area contributed by atoms with E-state index in [1.807, 2.05) is 42.5 Å². The van der Waals surface area contributed by atoms with Crippen LogP contribution in [-0.2, 0) is 4.79 Å². The number of nitriles is 1. The lowest BCUT2D eigenvalue weighted by Crippen LogP contribution is -2.25. The molecule has 110 valence electrons. The van der Waals surface area contributed by atoms with Crippen LogP contribution in [0, 0.1) is 17.4 Å². The summed E-state index contributed by atoms with van der Waals surface area (Å²) in [5.41, 5.74) is 2.09. The van der Waals surface area contributed by atoms with Gasteiger partial charge in [0.15, 0.2) is 6.19 Å². The van der Waals surface area contributed by atoms with Crippen LogP contribution < -0.4 is 5.32 Å². The maximum atomic E-state index is 12.2. The molecule has 1 fully saturated rings. The van der Waals surface area contributed by atoms with Crippen molar-refractivity contribution in [2.75, 3.05) is 18.4 Å². The number of aromatic nitrogens is 1. The van der Waals surface area contributed by atoms with Crippen LogP contribution in [0.2, 0.25) is 0 Å². The highest BCUT2D eigenvalue weighted by molar-refractivity contribution is 5.92. The summed E-state index contributed by atoms with van der Waals surface area (Å²) in [6.07, 6.45) is 4.48. The molecule has 1 amide bonds. The molecule has 1 N–H and O–H groups in total. The highest BCUT2D eigenvalue weighted by atomic mass is 16.2. The third-order valence-electron chi connectivity index (χ3n) is 3.82. The number of likely N-dealkylation sites (tertiary alicyclic amines) is 1. The average Bonchev–Trinajstić information content (AvgIpc) is 3.05. The van der Waals surface area contributed by atoms with Crippen molar-refractivity contribution in [1.29, 1.82) is 5.26 Å². The highest BCUT2D eigenvalue weighted by Crippen LogP contribution is 2.22. The summed E-state index contributed by atoms with van der Waals surface area (Å²) in [7, 11) is 0. The molecule has 0 spiro atoms. The van der Waals surface area contributed by atoms with E-state index in [9.17, 15) is 4.79 Å². The normalized spacial score (nSPS) is 17.0. The Labute approximate surface area is 129 Å². The first-order valence-electron chi connectivity index (χ1n) is 7.23. The average molecular weight is 292 g/mol. The molecular weight excluding hydrogens is 276 g/mol. The Hall–Kier alpha value is -2.87. The summed E-state index contributed by atoms with van der Waals surface area (Å²) in [6.45, 7) is 1.13. The van der Waals surface area contributed by atoms with Gasteiger partial charge in [-0.1, -0.05) is 30.3 Å². The molecular formula is C17H16N4O. The number of benzene rings is 1. The lowest BCUT2D eigenvalue weighted by molar-refractivity contribution is -0.119. The van der Waals surface area contributed by atoms with E-state index in [-0.39, 0.29) is 11.8 Å². The predicted molar refractivity (Wildman–Crippen MR) is 83.6 cm³/mol. The summed E-state index contributed by atoms with van der Waals surface area (Å²) in [4.78, 5) is 18.1. The zero-order valence-electron chi connectivity index (χ0n) is 12.1. The topological polar surface area (TPSA) is 69.0 Å². The molecule has 1 atom stereocenters. The van der Waals surface area contributed by atoms with Gasteiger partial charge in [-0.3, -0.25) is 4.79 Å². The molecule has 3 rings (SSSR count). The van der Waals surface area contributed by atoms with Gasteiger partial charge in [-0.15, -0.1) is 0 Å².